The van der Waals surface area contributed by atoms with Gasteiger partial charge in [-0.1, -0.05) is 35.4 Å². The van der Waals surface area contributed by atoms with Gasteiger partial charge in [0.1, 0.15) is 0 Å². The molecule has 4 rings (SSSR count). The first-order valence-corrected chi connectivity index (χ1v) is 9.35. The number of rotatable bonds is 4. The van der Waals surface area contributed by atoms with E-state index in [0.717, 1.165) is 42.7 Å². The molecule has 1 saturated heterocycles. The first kappa shape index (κ1) is 17.5. The van der Waals surface area contributed by atoms with Gasteiger partial charge in [0.2, 0.25) is 0 Å². The van der Waals surface area contributed by atoms with E-state index in [1.165, 1.54) is 11.3 Å². The Balaban J connectivity index is 1.40. The summed E-state index contributed by atoms with van der Waals surface area (Å²) in [4.78, 5) is 4.64. The first-order valence-electron chi connectivity index (χ1n) is 8.97. The second-order valence-corrected chi connectivity index (χ2v) is 7.04. The summed E-state index contributed by atoms with van der Waals surface area (Å²) < 4.78 is 1.75. The van der Waals surface area contributed by atoms with Crippen LogP contribution in [-0.2, 0) is 0 Å². The van der Waals surface area contributed by atoms with Crippen molar-refractivity contribution in [1.29, 1.82) is 0 Å². The highest BCUT2D eigenvalue weighted by atomic mass is 35.5. The van der Waals surface area contributed by atoms with Crippen molar-refractivity contribution in [1.82, 2.24) is 25.1 Å². The molecular formula is C20H21ClN6. The predicted molar refractivity (Wildman–Crippen MR) is 108 cm³/mol. The number of nitrogens with zero attached hydrogens (tertiary/aromatic N) is 6. The Morgan fingerprint density at radius 1 is 0.963 bits per heavy atom. The second kappa shape index (κ2) is 7.80. The summed E-state index contributed by atoms with van der Waals surface area (Å²) in [5, 5.41) is 12.8. The molecule has 0 bridgehead atoms. The lowest BCUT2D eigenvalue weighted by Gasteiger charge is -2.35. The molecule has 2 aromatic carbocycles. The Morgan fingerprint density at radius 2 is 1.74 bits per heavy atom. The van der Waals surface area contributed by atoms with Gasteiger partial charge in [-0.2, -0.15) is 4.68 Å². The number of tetrazole rings is 1. The molecule has 0 N–H and O–H groups in total. The first-order chi connectivity index (χ1) is 13.2. The zero-order valence-electron chi connectivity index (χ0n) is 15.2. The van der Waals surface area contributed by atoms with Gasteiger partial charge in [-0.15, -0.1) is 5.10 Å². The number of benzene rings is 2. The molecule has 0 spiro atoms. The summed E-state index contributed by atoms with van der Waals surface area (Å²) in [5.41, 5.74) is 3.34. The molecule has 7 heteroatoms. The number of aromatic nitrogens is 4. The van der Waals surface area contributed by atoms with Crippen molar-refractivity contribution in [2.75, 3.05) is 31.1 Å². The van der Waals surface area contributed by atoms with Crippen molar-refractivity contribution in [3.8, 4) is 5.69 Å². The van der Waals surface area contributed by atoms with Gasteiger partial charge in [0, 0.05) is 49.2 Å². The summed E-state index contributed by atoms with van der Waals surface area (Å²) in [7, 11) is 0. The van der Waals surface area contributed by atoms with Crippen LogP contribution >= 0.6 is 11.6 Å². The van der Waals surface area contributed by atoms with Gasteiger partial charge >= 0.3 is 0 Å². The van der Waals surface area contributed by atoms with E-state index in [2.05, 4.69) is 56.6 Å². The van der Waals surface area contributed by atoms with E-state index in [0.29, 0.717) is 0 Å². The number of halogens is 1. The SMILES string of the molecule is Cc1ccc(-n2nnnc2/C=C\N2CCN(c3cccc(Cl)c3)CC2)cc1. The predicted octanol–water partition coefficient (Wildman–Crippen LogP) is 3.42. The molecule has 2 heterocycles. The summed E-state index contributed by atoms with van der Waals surface area (Å²) in [5.74, 6) is 0.719. The normalized spacial score (nSPS) is 14.9. The van der Waals surface area contributed by atoms with Crippen LogP contribution in [0, 0.1) is 6.92 Å². The maximum atomic E-state index is 6.10. The Kier molecular flexibility index (Phi) is 5.07. The van der Waals surface area contributed by atoms with E-state index in [4.69, 9.17) is 11.6 Å². The standard InChI is InChI=1S/C20H21ClN6/c1-16-5-7-18(8-6-16)27-20(22-23-24-27)9-10-25-11-13-26(14-12-25)19-4-2-3-17(21)15-19/h2-10,15H,11-14H2,1H3/b10-9-. The summed E-state index contributed by atoms with van der Waals surface area (Å²) in [6, 6.07) is 16.2. The van der Waals surface area contributed by atoms with Crippen molar-refractivity contribution in [3.63, 3.8) is 0 Å². The van der Waals surface area contributed by atoms with Crippen LogP contribution in [0.1, 0.15) is 11.4 Å². The molecular weight excluding hydrogens is 360 g/mol. The van der Waals surface area contributed by atoms with Crippen LogP contribution in [0.4, 0.5) is 5.69 Å². The zero-order valence-corrected chi connectivity index (χ0v) is 15.9. The van der Waals surface area contributed by atoms with E-state index < -0.39 is 0 Å². The number of anilines is 1. The summed E-state index contributed by atoms with van der Waals surface area (Å²) >= 11 is 6.10. The minimum absolute atomic E-state index is 0.719. The Hall–Kier alpha value is -2.86. The third-order valence-electron chi connectivity index (χ3n) is 4.69. The van der Waals surface area contributed by atoms with Crippen molar-refractivity contribution in [2.45, 2.75) is 6.92 Å². The summed E-state index contributed by atoms with van der Waals surface area (Å²) in [6.45, 7) is 5.85. The maximum Gasteiger partial charge on any atom is 0.181 e. The lowest BCUT2D eigenvalue weighted by atomic mass is 10.2. The molecule has 3 aromatic rings. The average molecular weight is 381 g/mol. The minimum Gasteiger partial charge on any atom is -0.374 e. The van der Waals surface area contributed by atoms with Crippen molar-refractivity contribution in [2.24, 2.45) is 0 Å². The highest BCUT2D eigenvalue weighted by Gasteiger charge is 2.15. The van der Waals surface area contributed by atoms with E-state index in [9.17, 15) is 0 Å². The fourth-order valence-corrected chi connectivity index (χ4v) is 3.33. The molecule has 1 fully saturated rings. The van der Waals surface area contributed by atoms with Gasteiger partial charge in [0.15, 0.2) is 5.82 Å². The largest absolute Gasteiger partial charge is 0.374 e. The van der Waals surface area contributed by atoms with Crippen LogP contribution < -0.4 is 4.90 Å². The van der Waals surface area contributed by atoms with Crippen LogP contribution in [0.5, 0.6) is 0 Å². The van der Waals surface area contributed by atoms with Crippen LogP contribution in [-0.4, -0.2) is 51.3 Å². The number of piperazine rings is 1. The van der Waals surface area contributed by atoms with E-state index in [1.54, 1.807) is 4.68 Å². The van der Waals surface area contributed by atoms with Crippen LogP contribution in [0.3, 0.4) is 0 Å². The highest BCUT2D eigenvalue weighted by Crippen LogP contribution is 2.21. The third-order valence-corrected chi connectivity index (χ3v) is 4.93. The molecule has 1 aliphatic heterocycles. The summed E-state index contributed by atoms with van der Waals surface area (Å²) in [6.07, 6.45) is 4.04. The Bertz CT molecular complexity index is 926. The van der Waals surface area contributed by atoms with Gasteiger partial charge in [-0.3, -0.25) is 0 Å². The molecule has 27 heavy (non-hydrogen) atoms. The van der Waals surface area contributed by atoms with Crippen molar-refractivity contribution >= 4 is 23.4 Å². The fraction of sp³-hybridized carbons (Fsp3) is 0.250. The van der Waals surface area contributed by atoms with Gasteiger partial charge < -0.3 is 9.80 Å². The van der Waals surface area contributed by atoms with E-state index >= 15 is 0 Å². The molecule has 0 amide bonds. The minimum atomic E-state index is 0.719. The van der Waals surface area contributed by atoms with Crippen LogP contribution in [0.2, 0.25) is 5.02 Å². The smallest absolute Gasteiger partial charge is 0.181 e. The number of aryl methyl sites for hydroxylation is 1. The van der Waals surface area contributed by atoms with Gasteiger partial charge in [0.05, 0.1) is 5.69 Å². The number of hydrogen-bond acceptors (Lipinski definition) is 5. The lowest BCUT2D eigenvalue weighted by Crippen LogP contribution is -2.44. The molecule has 138 valence electrons. The molecule has 0 atom stereocenters. The van der Waals surface area contributed by atoms with Crippen molar-refractivity contribution in [3.05, 3.63) is 71.1 Å². The number of hydrogen-bond donors (Lipinski definition) is 0. The molecule has 1 aliphatic rings. The maximum absolute atomic E-state index is 6.10. The Morgan fingerprint density at radius 3 is 2.48 bits per heavy atom. The zero-order chi connectivity index (χ0) is 18.6. The third kappa shape index (κ3) is 4.11. The molecule has 0 saturated carbocycles. The molecule has 6 nitrogen and oxygen atoms in total. The Labute approximate surface area is 163 Å². The molecule has 1 aromatic heterocycles. The highest BCUT2D eigenvalue weighted by molar-refractivity contribution is 6.30. The fourth-order valence-electron chi connectivity index (χ4n) is 3.14. The van der Waals surface area contributed by atoms with Crippen LogP contribution in [0.15, 0.2) is 54.7 Å². The molecule has 0 radical (unpaired) electrons. The van der Waals surface area contributed by atoms with Gasteiger partial charge in [-0.05, 0) is 47.7 Å². The van der Waals surface area contributed by atoms with Gasteiger partial charge in [0.25, 0.3) is 0 Å². The monoisotopic (exact) mass is 380 g/mol. The second-order valence-electron chi connectivity index (χ2n) is 6.60. The van der Waals surface area contributed by atoms with Crippen LogP contribution in [0.25, 0.3) is 11.8 Å². The topological polar surface area (TPSA) is 50.1 Å². The quantitative estimate of drug-likeness (QED) is 0.694. The van der Waals surface area contributed by atoms with E-state index in [-0.39, 0.29) is 0 Å². The molecule has 0 unspecified atom stereocenters. The molecule has 0 aliphatic carbocycles. The van der Waals surface area contributed by atoms with E-state index in [1.807, 2.05) is 36.4 Å². The van der Waals surface area contributed by atoms with Crippen molar-refractivity contribution < 1.29 is 0 Å². The van der Waals surface area contributed by atoms with Gasteiger partial charge in [-0.25, -0.2) is 0 Å². The average Bonchev–Trinajstić information content (AvgIpc) is 3.16. The lowest BCUT2D eigenvalue weighted by molar-refractivity contribution is 0.351.